The van der Waals surface area contributed by atoms with Gasteiger partial charge in [-0.15, -0.1) is 5.10 Å². The average Bonchev–Trinajstić information content (AvgIpc) is 3.72. The number of thiazole rings is 1. The minimum atomic E-state index is -3.70. The molecule has 9 nitrogen and oxygen atoms in total. The molecule has 0 saturated carbocycles. The first kappa shape index (κ1) is 29.3. The highest BCUT2D eigenvalue weighted by molar-refractivity contribution is 7.89. The minimum absolute atomic E-state index is 0.170. The van der Waals surface area contributed by atoms with E-state index in [2.05, 4.69) is 10.1 Å². The van der Waals surface area contributed by atoms with Crippen molar-refractivity contribution in [2.24, 2.45) is 0 Å². The molecule has 0 atom stereocenters. The van der Waals surface area contributed by atoms with E-state index in [1.165, 1.54) is 32.3 Å². The van der Waals surface area contributed by atoms with Crippen molar-refractivity contribution >= 4 is 44.5 Å². The summed E-state index contributed by atoms with van der Waals surface area (Å²) in [6.07, 6.45) is 6.94. The molecule has 0 aliphatic rings. The van der Waals surface area contributed by atoms with Crippen LogP contribution in [0.1, 0.15) is 30.8 Å². The van der Waals surface area contributed by atoms with Gasteiger partial charge >= 0.3 is 0 Å². The Bertz CT molecular complexity index is 2200. The average molecular weight is 627 g/mol. The van der Waals surface area contributed by atoms with Gasteiger partial charge in [-0.2, -0.15) is 18.9 Å². The van der Waals surface area contributed by atoms with Gasteiger partial charge in [0.15, 0.2) is 5.82 Å². The summed E-state index contributed by atoms with van der Waals surface area (Å²) in [5, 5.41) is 9.15. The number of halogens is 1. The van der Waals surface area contributed by atoms with Gasteiger partial charge in [-0.05, 0) is 54.1 Å². The molecule has 0 radical (unpaired) electrons. The molecule has 0 bridgehead atoms. The van der Waals surface area contributed by atoms with Crippen molar-refractivity contribution in [3.8, 4) is 16.9 Å². The summed E-state index contributed by atoms with van der Waals surface area (Å²) in [6, 6.07) is 22.2. The lowest BCUT2D eigenvalue weighted by molar-refractivity contribution is 0.445. The number of aromatic nitrogens is 5. The van der Waals surface area contributed by atoms with Crippen LogP contribution in [0, 0.1) is 5.82 Å². The number of sulfonamides is 1. The Morgan fingerprint density at radius 1 is 0.932 bits per heavy atom. The van der Waals surface area contributed by atoms with Crippen molar-refractivity contribution in [3.05, 3.63) is 123 Å². The van der Waals surface area contributed by atoms with Crippen LogP contribution in [0.2, 0.25) is 0 Å². The molecule has 0 amide bonds. The summed E-state index contributed by atoms with van der Waals surface area (Å²) in [7, 11) is -3.70. The Labute approximate surface area is 256 Å². The number of hydrogen-bond acceptors (Lipinski definition) is 7. The van der Waals surface area contributed by atoms with Crippen LogP contribution >= 0.6 is 11.3 Å². The van der Waals surface area contributed by atoms with Gasteiger partial charge in [0.1, 0.15) is 11.5 Å². The Morgan fingerprint density at radius 3 is 2.39 bits per heavy atom. The van der Waals surface area contributed by atoms with Gasteiger partial charge in [0, 0.05) is 30.4 Å². The Hall–Kier alpha value is -4.78. The molecular weight excluding hydrogens is 600 g/mol. The molecular formula is C32H27FN6O3S2. The van der Waals surface area contributed by atoms with Gasteiger partial charge < -0.3 is 0 Å². The van der Waals surface area contributed by atoms with E-state index < -0.39 is 10.0 Å². The first-order valence-corrected chi connectivity index (χ1v) is 16.1. The normalized spacial score (nSPS) is 12.7. The third-order valence-corrected chi connectivity index (χ3v) is 10.00. The lowest BCUT2D eigenvalue weighted by Gasteiger charge is -2.18. The van der Waals surface area contributed by atoms with Gasteiger partial charge in [0.25, 0.3) is 5.56 Å². The first-order chi connectivity index (χ1) is 21.3. The van der Waals surface area contributed by atoms with Crippen LogP contribution in [0.3, 0.4) is 0 Å². The third kappa shape index (κ3) is 5.74. The van der Waals surface area contributed by atoms with Crippen LogP contribution < -0.4 is 10.1 Å². The van der Waals surface area contributed by atoms with Crippen molar-refractivity contribution in [1.29, 1.82) is 0 Å². The van der Waals surface area contributed by atoms with Gasteiger partial charge in [-0.3, -0.25) is 4.79 Å². The van der Waals surface area contributed by atoms with Crippen molar-refractivity contribution in [1.82, 2.24) is 28.7 Å². The van der Waals surface area contributed by atoms with E-state index in [0.29, 0.717) is 45.2 Å². The quantitative estimate of drug-likeness (QED) is 0.227. The van der Waals surface area contributed by atoms with Crippen LogP contribution in [0.25, 0.3) is 40.1 Å². The lowest BCUT2D eigenvalue weighted by atomic mass is 10.1. The summed E-state index contributed by atoms with van der Waals surface area (Å²) in [4.78, 5) is 18.4. The molecule has 0 N–H and O–H groups in total. The Morgan fingerprint density at radius 2 is 1.68 bits per heavy atom. The number of benzene rings is 3. The molecule has 3 aromatic carbocycles. The van der Waals surface area contributed by atoms with Crippen LogP contribution in [-0.4, -0.2) is 50.2 Å². The number of nitrogens with zero attached hydrogens (tertiary/aromatic N) is 6. The van der Waals surface area contributed by atoms with Crippen LogP contribution in [0.5, 0.6) is 0 Å². The fourth-order valence-electron chi connectivity index (χ4n) is 4.75. The summed E-state index contributed by atoms with van der Waals surface area (Å²) in [5.74, 6) is 0.0328. The minimum Gasteiger partial charge on any atom is -0.266 e. The monoisotopic (exact) mass is 626 g/mol. The summed E-state index contributed by atoms with van der Waals surface area (Å²) < 4.78 is 44.5. The molecule has 3 aromatic heterocycles. The zero-order valence-corrected chi connectivity index (χ0v) is 25.5. The molecule has 3 heterocycles. The second-order valence-corrected chi connectivity index (χ2v) is 12.7. The van der Waals surface area contributed by atoms with E-state index in [-0.39, 0.29) is 16.3 Å². The SMILES string of the molecule is CCN(CC)S(=O)(=O)c1cccc(-c2nn(-c3ccccc3)cc2/C=c2\sc3nc(/C=C/c4ccc(F)cc4)nn3c2=O)c1. The number of fused-ring (bicyclic) bond motifs is 1. The van der Waals surface area contributed by atoms with Crippen LogP contribution in [0.15, 0.2) is 94.7 Å². The Kier molecular flexibility index (Phi) is 8.04. The van der Waals surface area contributed by atoms with Crippen LogP contribution in [-0.2, 0) is 10.0 Å². The summed E-state index contributed by atoms with van der Waals surface area (Å²) >= 11 is 1.19. The van der Waals surface area contributed by atoms with Gasteiger partial charge in [0.05, 0.1) is 15.1 Å². The molecule has 0 unspecified atom stereocenters. The van der Waals surface area contributed by atoms with Crippen molar-refractivity contribution in [2.75, 3.05) is 13.1 Å². The molecule has 222 valence electrons. The van der Waals surface area contributed by atoms with E-state index >= 15 is 0 Å². The molecule has 12 heteroatoms. The van der Waals surface area contributed by atoms with Gasteiger partial charge in [-0.1, -0.05) is 73.7 Å². The highest BCUT2D eigenvalue weighted by Gasteiger charge is 2.23. The van der Waals surface area contributed by atoms with Crippen molar-refractivity contribution < 1.29 is 12.8 Å². The topological polar surface area (TPSA) is 102 Å². The first-order valence-electron chi connectivity index (χ1n) is 13.9. The molecule has 6 aromatic rings. The zero-order chi connectivity index (χ0) is 30.8. The lowest BCUT2D eigenvalue weighted by Crippen LogP contribution is -2.30. The number of para-hydroxylation sites is 1. The van der Waals surface area contributed by atoms with Gasteiger partial charge in [0.2, 0.25) is 15.0 Å². The molecule has 44 heavy (non-hydrogen) atoms. The van der Waals surface area contributed by atoms with Gasteiger partial charge in [-0.25, -0.2) is 17.5 Å². The second-order valence-electron chi connectivity index (χ2n) is 9.80. The van der Waals surface area contributed by atoms with E-state index in [9.17, 15) is 17.6 Å². The maximum absolute atomic E-state index is 13.4. The summed E-state index contributed by atoms with van der Waals surface area (Å²) in [5.41, 5.74) is 2.99. The largest absolute Gasteiger partial charge is 0.291 e. The molecule has 0 aliphatic heterocycles. The zero-order valence-electron chi connectivity index (χ0n) is 23.8. The number of hydrogen-bond donors (Lipinski definition) is 0. The Balaban J connectivity index is 1.43. The summed E-state index contributed by atoms with van der Waals surface area (Å²) in [6.45, 7) is 4.32. The standard InChI is InChI=1S/C32H27FN6O3S2/c1-3-37(4-2)44(41,42)27-12-8-9-23(19-27)30-24(21-38(36-30)26-10-6-5-7-11-26)20-28-31(40)39-32(43-28)34-29(35-39)18-15-22-13-16-25(33)17-14-22/h5-21H,3-4H2,1-2H3/b18-15+,28-20-. The molecule has 0 spiro atoms. The van der Waals surface area contributed by atoms with Crippen molar-refractivity contribution in [3.63, 3.8) is 0 Å². The molecule has 0 fully saturated rings. The highest BCUT2D eigenvalue weighted by Crippen LogP contribution is 2.28. The van der Waals surface area contributed by atoms with E-state index in [1.807, 2.05) is 36.5 Å². The molecule has 0 aliphatic carbocycles. The molecule has 6 rings (SSSR count). The number of rotatable bonds is 9. The maximum atomic E-state index is 13.4. The predicted molar refractivity (Wildman–Crippen MR) is 170 cm³/mol. The fraction of sp³-hybridized carbons (Fsp3) is 0.125. The predicted octanol–water partition coefficient (Wildman–Crippen LogP) is 4.89. The van der Waals surface area contributed by atoms with E-state index in [1.54, 1.807) is 73.2 Å². The third-order valence-electron chi connectivity index (χ3n) is 6.99. The molecule has 0 saturated heterocycles. The van der Waals surface area contributed by atoms with Crippen LogP contribution in [0.4, 0.5) is 4.39 Å². The smallest absolute Gasteiger partial charge is 0.266 e. The second kappa shape index (κ2) is 12.1. The van der Waals surface area contributed by atoms with E-state index in [4.69, 9.17) is 5.10 Å². The van der Waals surface area contributed by atoms with Crippen molar-refractivity contribution in [2.45, 2.75) is 18.7 Å². The van der Waals surface area contributed by atoms with E-state index in [0.717, 1.165) is 11.3 Å². The highest BCUT2D eigenvalue weighted by atomic mass is 32.2. The fourth-order valence-corrected chi connectivity index (χ4v) is 7.16. The maximum Gasteiger partial charge on any atom is 0.291 e.